The smallest absolute Gasteiger partial charge is 0.303 e. The molecule has 0 saturated carbocycles. The van der Waals surface area contributed by atoms with Crippen molar-refractivity contribution in [2.24, 2.45) is 0 Å². The normalized spacial score (nSPS) is 17.1. The number of benzene rings is 4. The Bertz CT molecular complexity index is 2110. The van der Waals surface area contributed by atoms with Crippen molar-refractivity contribution < 1.29 is 19.3 Å². The van der Waals surface area contributed by atoms with Gasteiger partial charge in [0.2, 0.25) is 5.69 Å². The highest BCUT2D eigenvalue weighted by atomic mass is 16.4. The Hall–Kier alpha value is -5.03. The maximum Gasteiger partial charge on any atom is 0.303 e. The van der Waals surface area contributed by atoms with Crippen LogP contribution >= 0.6 is 0 Å². The van der Waals surface area contributed by atoms with Crippen molar-refractivity contribution in [3.05, 3.63) is 132 Å². The molecule has 6 rings (SSSR count). The Balaban J connectivity index is 1.23. The monoisotopic (exact) mass is 693 g/mol. The molecular formula is C47H53N2O3+. The van der Waals surface area contributed by atoms with Crippen molar-refractivity contribution in [2.75, 3.05) is 18.0 Å². The first-order chi connectivity index (χ1) is 25.2. The van der Waals surface area contributed by atoms with Crippen LogP contribution in [-0.2, 0) is 20.4 Å². The number of allylic oxidation sites excluding steroid dienone is 8. The summed E-state index contributed by atoms with van der Waals surface area (Å²) < 4.78 is 2.45. The lowest BCUT2D eigenvalue weighted by Gasteiger charge is -2.27. The summed E-state index contributed by atoms with van der Waals surface area (Å²) in [4.78, 5) is 24.4. The first-order valence-corrected chi connectivity index (χ1v) is 19.0. The molecule has 4 aromatic rings. The lowest BCUT2D eigenvalue weighted by atomic mass is 9.79. The quantitative estimate of drug-likeness (QED) is 0.0549. The van der Waals surface area contributed by atoms with Crippen LogP contribution in [0.2, 0.25) is 0 Å². The van der Waals surface area contributed by atoms with E-state index >= 15 is 0 Å². The average molecular weight is 694 g/mol. The summed E-state index contributed by atoms with van der Waals surface area (Å²) in [5.74, 6) is -0.725. The minimum absolute atomic E-state index is 0.159. The Morgan fingerprint density at radius 3 is 2.10 bits per heavy atom. The number of rotatable bonds is 16. The van der Waals surface area contributed by atoms with E-state index < -0.39 is 5.97 Å². The topological polar surface area (TPSA) is 60.6 Å². The Morgan fingerprint density at radius 1 is 0.712 bits per heavy atom. The Kier molecular flexibility index (Phi) is 11.4. The van der Waals surface area contributed by atoms with Crippen LogP contribution in [0.25, 0.3) is 21.5 Å². The fourth-order valence-electron chi connectivity index (χ4n) is 8.44. The highest BCUT2D eigenvalue weighted by Crippen LogP contribution is 2.51. The zero-order chi connectivity index (χ0) is 36.7. The van der Waals surface area contributed by atoms with E-state index in [1.54, 1.807) is 0 Å². The summed E-state index contributed by atoms with van der Waals surface area (Å²) in [7, 11) is 0. The van der Waals surface area contributed by atoms with Gasteiger partial charge in [-0.15, -0.1) is 0 Å². The van der Waals surface area contributed by atoms with Gasteiger partial charge in [0.25, 0.3) is 0 Å². The predicted molar refractivity (Wildman–Crippen MR) is 217 cm³/mol. The molecule has 0 aromatic heterocycles. The van der Waals surface area contributed by atoms with Gasteiger partial charge < -0.3 is 14.8 Å². The molecule has 5 nitrogen and oxygen atoms in total. The minimum atomic E-state index is -0.725. The molecule has 0 saturated heterocycles. The molecule has 2 heterocycles. The van der Waals surface area contributed by atoms with Gasteiger partial charge in [-0.25, -0.2) is 0 Å². The van der Waals surface area contributed by atoms with Crippen molar-refractivity contribution in [3.8, 4) is 0 Å². The number of hydrogen-bond acceptors (Lipinski definition) is 3. The number of unbranched alkanes of at least 4 members (excludes halogenated alkanes) is 5. The zero-order valence-corrected chi connectivity index (χ0v) is 31.3. The van der Waals surface area contributed by atoms with Crippen LogP contribution < -0.4 is 4.90 Å². The molecule has 2 aliphatic heterocycles. The molecule has 0 unspecified atom stereocenters. The predicted octanol–water partition coefficient (Wildman–Crippen LogP) is 11.1. The molecule has 0 amide bonds. The molecule has 0 spiro atoms. The second-order valence-corrected chi connectivity index (χ2v) is 15.2. The fourth-order valence-corrected chi connectivity index (χ4v) is 8.44. The number of aliphatic carboxylic acids is 1. The molecule has 0 aliphatic carbocycles. The van der Waals surface area contributed by atoms with Gasteiger partial charge in [0.15, 0.2) is 5.71 Å². The second kappa shape index (κ2) is 16.1. The lowest BCUT2D eigenvalue weighted by molar-refractivity contribution is -0.438. The summed E-state index contributed by atoms with van der Waals surface area (Å²) in [6, 6.07) is 26.3. The highest BCUT2D eigenvalue weighted by Gasteiger charge is 2.45. The molecule has 0 radical (unpaired) electrons. The third kappa shape index (κ3) is 7.46. The minimum Gasteiger partial charge on any atom is -0.481 e. The lowest BCUT2D eigenvalue weighted by Crippen LogP contribution is -2.28. The molecule has 5 heteroatoms. The number of aldehydes is 1. The average Bonchev–Trinajstić information content (AvgIpc) is 3.49. The van der Waals surface area contributed by atoms with Gasteiger partial charge in [-0.1, -0.05) is 105 Å². The molecule has 0 bridgehead atoms. The number of carboxylic acid groups (broad SMARTS) is 1. The van der Waals surface area contributed by atoms with E-state index in [0.29, 0.717) is 12.8 Å². The van der Waals surface area contributed by atoms with Crippen molar-refractivity contribution in [1.82, 2.24) is 0 Å². The number of carboxylic acids is 1. The molecular weight excluding hydrogens is 641 g/mol. The number of carbonyl (C=O) groups excluding carboxylic acids is 1. The van der Waals surface area contributed by atoms with Crippen LogP contribution in [0.3, 0.4) is 0 Å². The molecule has 0 atom stereocenters. The molecule has 0 fully saturated rings. The number of fused-ring (bicyclic) bond motifs is 6. The van der Waals surface area contributed by atoms with Gasteiger partial charge in [0.1, 0.15) is 12.8 Å². The Labute approximate surface area is 309 Å². The Morgan fingerprint density at radius 2 is 1.37 bits per heavy atom. The van der Waals surface area contributed by atoms with E-state index in [0.717, 1.165) is 51.5 Å². The van der Waals surface area contributed by atoms with Crippen molar-refractivity contribution >= 4 is 50.9 Å². The van der Waals surface area contributed by atoms with E-state index in [2.05, 4.69) is 152 Å². The third-order valence-corrected chi connectivity index (χ3v) is 10.9. The first-order valence-electron chi connectivity index (χ1n) is 19.0. The largest absolute Gasteiger partial charge is 0.481 e. The summed E-state index contributed by atoms with van der Waals surface area (Å²) in [5.41, 5.74) is 7.48. The number of anilines is 1. The molecule has 1 N–H and O–H groups in total. The van der Waals surface area contributed by atoms with Crippen molar-refractivity contribution in [1.29, 1.82) is 0 Å². The zero-order valence-electron chi connectivity index (χ0n) is 31.3. The van der Waals surface area contributed by atoms with Gasteiger partial charge >= 0.3 is 5.97 Å². The first kappa shape index (κ1) is 36.8. The van der Waals surface area contributed by atoms with Crippen LogP contribution in [0.4, 0.5) is 11.4 Å². The molecule has 2 aliphatic rings. The van der Waals surface area contributed by atoms with Crippen molar-refractivity contribution in [3.63, 3.8) is 0 Å². The number of hydrogen-bond donors (Lipinski definition) is 1. The highest BCUT2D eigenvalue weighted by molar-refractivity contribution is 6.07. The molecule has 268 valence electrons. The standard InChI is InChI=1S/C47H52N2O3/c1-46(2)41(48(32-18-8-9-20-34-50)39-30-28-35-21-14-16-23-37(35)44(39)46)25-11-6-5-7-12-26-42-47(3,4)45-38-24-17-15-22-36(38)29-31-40(45)49(42)33-19-10-13-27-43(51)52/h5-7,11-12,14-17,21-26,28-31,34H,8-10,13,18-20,27,32-33H2,1-4H3/p+1. The number of carbonyl (C=O) groups is 2. The summed E-state index contributed by atoms with van der Waals surface area (Å²) in [5, 5.41) is 14.2. The van der Waals surface area contributed by atoms with Crippen LogP contribution in [0.1, 0.15) is 90.2 Å². The summed E-state index contributed by atoms with van der Waals surface area (Å²) in [6.45, 7) is 11.1. The van der Waals surface area contributed by atoms with E-state index in [4.69, 9.17) is 5.11 Å². The van der Waals surface area contributed by atoms with E-state index in [9.17, 15) is 9.59 Å². The van der Waals surface area contributed by atoms with Gasteiger partial charge in [-0.05, 0) is 84.8 Å². The van der Waals surface area contributed by atoms with Crippen LogP contribution in [-0.4, -0.2) is 40.7 Å². The molecule has 4 aromatic carbocycles. The summed E-state index contributed by atoms with van der Waals surface area (Å²) in [6.07, 6.45) is 22.6. The maximum absolute atomic E-state index is 11.1. The van der Waals surface area contributed by atoms with Gasteiger partial charge in [-0.3, -0.25) is 4.79 Å². The van der Waals surface area contributed by atoms with E-state index in [-0.39, 0.29) is 17.3 Å². The van der Waals surface area contributed by atoms with Gasteiger partial charge in [0, 0.05) is 60.3 Å². The van der Waals surface area contributed by atoms with Gasteiger partial charge in [-0.2, -0.15) is 4.58 Å². The van der Waals surface area contributed by atoms with E-state index in [1.807, 2.05) is 0 Å². The van der Waals surface area contributed by atoms with Crippen LogP contribution in [0.5, 0.6) is 0 Å². The summed E-state index contributed by atoms with van der Waals surface area (Å²) >= 11 is 0. The van der Waals surface area contributed by atoms with Gasteiger partial charge in [0.05, 0.1) is 5.41 Å². The van der Waals surface area contributed by atoms with Crippen LogP contribution in [0, 0.1) is 0 Å². The third-order valence-electron chi connectivity index (χ3n) is 10.9. The maximum atomic E-state index is 11.1. The van der Waals surface area contributed by atoms with Crippen LogP contribution in [0.15, 0.2) is 121 Å². The SMILES string of the molecule is CC1(C)C(/C=C/C=C/C=C/C=C2\N(CCCCCC=O)c3ccc4ccccc4c3C2(C)C)=[N+](CCCCCC(=O)O)c2ccc3ccccc3c21. The fraction of sp³-hybridized carbons (Fsp3) is 0.340. The number of nitrogens with zero attached hydrogens (tertiary/aromatic N) is 2. The second-order valence-electron chi connectivity index (χ2n) is 15.2. The van der Waals surface area contributed by atoms with E-state index in [1.165, 1.54) is 55.5 Å². The molecule has 52 heavy (non-hydrogen) atoms. The van der Waals surface area contributed by atoms with Crippen molar-refractivity contribution in [2.45, 2.75) is 89.9 Å².